The van der Waals surface area contributed by atoms with Gasteiger partial charge in [-0.25, -0.2) is 4.57 Å². The number of allylic oxidation sites excluding steroid dienone is 26. The molecule has 0 bridgehead atoms. The van der Waals surface area contributed by atoms with E-state index in [4.69, 9.17) is 18.5 Å². The van der Waals surface area contributed by atoms with Gasteiger partial charge in [0.1, 0.15) is 19.8 Å². The topological polar surface area (TPSA) is 108 Å². The molecule has 10 heteroatoms. The molecular weight excluding hydrogens is 1180 g/mol. The Morgan fingerprint density at radius 3 is 0.851 bits per heavy atom. The molecule has 0 aliphatic heterocycles. The Kier molecular flexibility index (Phi) is 69.5. The molecule has 2 unspecified atom stereocenters. The molecule has 94 heavy (non-hydrogen) atoms. The van der Waals surface area contributed by atoms with E-state index in [1.165, 1.54) is 154 Å². The number of likely N-dealkylation sites (N-methyl/N-ethyl adjacent to an activating group) is 1. The summed E-state index contributed by atoms with van der Waals surface area (Å²) in [7, 11) is 1.47. The lowest BCUT2D eigenvalue weighted by Crippen LogP contribution is -2.37. The van der Waals surface area contributed by atoms with Gasteiger partial charge in [0.15, 0.2) is 6.10 Å². The first-order valence-electron chi connectivity index (χ1n) is 38.2. The Labute approximate surface area is 579 Å². The van der Waals surface area contributed by atoms with Crippen molar-refractivity contribution in [2.75, 3.05) is 47.5 Å². The molecule has 9 nitrogen and oxygen atoms in total. The summed E-state index contributed by atoms with van der Waals surface area (Å²) < 4.78 is 34.8. The van der Waals surface area contributed by atoms with Gasteiger partial charge >= 0.3 is 19.8 Å². The van der Waals surface area contributed by atoms with Crippen molar-refractivity contribution in [1.29, 1.82) is 0 Å². The van der Waals surface area contributed by atoms with Crippen molar-refractivity contribution in [3.05, 3.63) is 158 Å². The molecule has 0 heterocycles. The summed E-state index contributed by atoms with van der Waals surface area (Å²) in [5, 5.41) is 0. The number of rotatable bonds is 69. The lowest BCUT2D eigenvalue weighted by Gasteiger charge is -2.24. The summed E-state index contributed by atoms with van der Waals surface area (Å²) in [6, 6.07) is 0. The van der Waals surface area contributed by atoms with E-state index in [1.54, 1.807) is 0 Å². The van der Waals surface area contributed by atoms with Gasteiger partial charge in [0.05, 0.1) is 27.7 Å². The molecule has 1 N–H and O–H groups in total. The van der Waals surface area contributed by atoms with Crippen molar-refractivity contribution in [3.8, 4) is 0 Å². The first kappa shape index (κ1) is 89.6. The van der Waals surface area contributed by atoms with E-state index in [2.05, 4.69) is 172 Å². The number of quaternary nitrogens is 1. The summed E-state index contributed by atoms with van der Waals surface area (Å²) >= 11 is 0. The van der Waals surface area contributed by atoms with Gasteiger partial charge < -0.3 is 18.9 Å². The molecule has 0 radical (unpaired) electrons. The quantitative estimate of drug-likeness (QED) is 0.0211. The molecule has 0 rings (SSSR count). The predicted octanol–water partition coefficient (Wildman–Crippen LogP) is 25.5. The average Bonchev–Trinajstić information content (AvgIpc) is 1.56. The highest BCUT2D eigenvalue weighted by atomic mass is 31.2. The fourth-order valence-corrected chi connectivity index (χ4v) is 11.0. The molecule has 536 valence electrons. The maximum absolute atomic E-state index is 12.9. The fourth-order valence-electron chi connectivity index (χ4n) is 10.3. The van der Waals surface area contributed by atoms with Gasteiger partial charge in [-0.1, -0.05) is 332 Å². The summed E-state index contributed by atoms with van der Waals surface area (Å²) in [5.74, 6) is -0.796. The lowest BCUT2D eigenvalue weighted by molar-refractivity contribution is -0.870. The van der Waals surface area contributed by atoms with E-state index in [0.29, 0.717) is 17.4 Å². The van der Waals surface area contributed by atoms with Gasteiger partial charge in [0, 0.05) is 12.8 Å². The maximum Gasteiger partial charge on any atom is 0.472 e. The van der Waals surface area contributed by atoms with Crippen molar-refractivity contribution in [2.45, 2.75) is 315 Å². The molecule has 0 aromatic rings. The van der Waals surface area contributed by atoms with Gasteiger partial charge in [-0.2, -0.15) is 0 Å². The largest absolute Gasteiger partial charge is 0.472 e. The minimum Gasteiger partial charge on any atom is -0.462 e. The Morgan fingerprint density at radius 1 is 0.330 bits per heavy atom. The second kappa shape index (κ2) is 72.9. The van der Waals surface area contributed by atoms with E-state index in [-0.39, 0.29) is 32.0 Å². The number of hydrogen-bond acceptors (Lipinski definition) is 7. The zero-order valence-electron chi connectivity index (χ0n) is 61.1. The van der Waals surface area contributed by atoms with Crippen LogP contribution in [0.5, 0.6) is 0 Å². The first-order chi connectivity index (χ1) is 46.0. The van der Waals surface area contributed by atoms with Crippen molar-refractivity contribution in [1.82, 2.24) is 0 Å². The molecule has 0 saturated carbocycles. The second-order valence-electron chi connectivity index (χ2n) is 26.3. The third-order valence-electron chi connectivity index (χ3n) is 16.1. The van der Waals surface area contributed by atoms with Crippen molar-refractivity contribution >= 4 is 19.8 Å². The smallest absolute Gasteiger partial charge is 0.462 e. The minimum atomic E-state index is -4.40. The van der Waals surface area contributed by atoms with Crippen LogP contribution >= 0.6 is 7.82 Å². The zero-order chi connectivity index (χ0) is 68.3. The van der Waals surface area contributed by atoms with Crippen LogP contribution in [0, 0.1) is 0 Å². The highest BCUT2D eigenvalue weighted by Crippen LogP contribution is 2.43. The van der Waals surface area contributed by atoms with E-state index in [1.807, 2.05) is 21.1 Å². The van der Waals surface area contributed by atoms with Crippen LogP contribution in [0.3, 0.4) is 0 Å². The maximum atomic E-state index is 12.9. The molecule has 0 saturated heterocycles. The SMILES string of the molecule is CC/C=C\C/C=C\C/C=C\C/C=C\C/C=C\C/C=C\C/C=C\C/C=C\CCCCCCCCCCCCCCCCC(=O)OC(COC(=O)CCCCCCCCCCCCCCCCC/C=C\C/C=C\C/C=C\C/C=C\C/C=C\CC)COP(=O)(O)OCC[N+](C)(C)C. The van der Waals surface area contributed by atoms with Crippen LogP contribution in [-0.2, 0) is 32.7 Å². The minimum absolute atomic E-state index is 0.0263. The van der Waals surface area contributed by atoms with Gasteiger partial charge in [-0.15, -0.1) is 0 Å². The van der Waals surface area contributed by atoms with Crippen molar-refractivity contribution in [2.24, 2.45) is 0 Å². The summed E-state index contributed by atoms with van der Waals surface area (Å²) in [4.78, 5) is 36.0. The molecule has 0 aliphatic carbocycles. The third kappa shape index (κ3) is 76.6. The van der Waals surface area contributed by atoms with Crippen LogP contribution in [0.25, 0.3) is 0 Å². The number of phosphoric acid groups is 1. The summed E-state index contributed by atoms with van der Waals surface area (Å²) in [6.45, 7) is 4.22. The lowest BCUT2D eigenvalue weighted by atomic mass is 10.0. The molecular formula is C84H143NO8P+. The Bertz CT molecular complexity index is 2150. The predicted molar refractivity (Wildman–Crippen MR) is 408 cm³/mol. The van der Waals surface area contributed by atoms with Crippen LogP contribution < -0.4 is 0 Å². The van der Waals surface area contributed by atoms with E-state index >= 15 is 0 Å². The number of unbranched alkanes of at least 4 members (excludes halogenated alkanes) is 29. The molecule has 0 fully saturated rings. The highest BCUT2D eigenvalue weighted by molar-refractivity contribution is 7.47. The number of hydrogen-bond donors (Lipinski definition) is 1. The van der Waals surface area contributed by atoms with Crippen LogP contribution in [0.2, 0.25) is 0 Å². The molecule has 0 aliphatic rings. The number of carbonyl (C=O) groups is 2. The number of esters is 2. The Hall–Kier alpha value is -4.37. The Balaban J connectivity index is 4.03. The van der Waals surface area contributed by atoms with Crippen molar-refractivity contribution < 1.29 is 42.1 Å². The standard InChI is InChI=1S/C84H142NO8P/c1-6-8-10-12-14-16-18-20-22-24-26-28-30-32-34-36-38-39-40-41-42-43-44-45-47-49-51-53-55-57-59-61-63-65-67-69-71-73-75-77-84(87)93-82(81-92-94(88,89)91-79-78-85(3,4)5)80-90-83(86)76-74-72-70-68-66-64-62-60-58-56-54-52-50-48-46-37-35-33-31-29-27-25-23-21-19-17-15-13-11-9-7-2/h8-11,14-17,20-23,26-29,32-35,38-39,41-42,44-45,82H,6-7,12-13,18-19,24-25,30-31,36-37,40,43,46-81H2,1-5H3/p+1/b10-8-,11-9-,16-14-,17-15-,22-20-,23-21-,28-26-,29-27-,34-32-,35-33-,39-38-,42-41-,45-44-. The van der Waals surface area contributed by atoms with Crippen LogP contribution in [0.4, 0.5) is 0 Å². The molecule has 2 atom stereocenters. The second-order valence-corrected chi connectivity index (χ2v) is 27.7. The third-order valence-corrected chi connectivity index (χ3v) is 17.0. The van der Waals surface area contributed by atoms with Crippen LogP contribution in [-0.4, -0.2) is 74.9 Å². The summed E-state index contributed by atoms with van der Waals surface area (Å²) in [5.41, 5.74) is 0. The van der Waals surface area contributed by atoms with E-state index in [0.717, 1.165) is 122 Å². The zero-order valence-corrected chi connectivity index (χ0v) is 62.0. The van der Waals surface area contributed by atoms with E-state index in [9.17, 15) is 19.0 Å². The average molecular weight is 1330 g/mol. The fraction of sp³-hybridized carbons (Fsp3) is 0.667. The number of ether oxygens (including phenoxy) is 2. The number of phosphoric ester groups is 1. The molecule has 0 aromatic carbocycles. The summed E-state index contributed by atoms with van der Waals surface area (Å²) in [6.07, 6.45) is 109. The number of carbonyl (C=O) groups excluding carboxylic acids is 2. The normalized spacial score (nSPS) is 14.0. The Morgan fingerprint density at radius 2 is 0.574 bits per heavy atom. The van der Waals surface area contributed by atoms with E-state index < -0.39 is 26.5 Å². The molecule has 0 amide bonds. The molecule has 0 aromatic heterocycles. The first-order valence-corrected chi connectivity index (χ1v) is 39.7. The highest BCUT2D eigenvalue weighted by Gasteiger charge is 2.27. The van der Waals surface area contributed by atoms with Crippen LogP contribution in [0.1, 0.15) is 309 Å². The van der Waals surface area contributed by atoms with Gasteiger partial charge in [-0.3, -0.25) is 18.6 Å². The van der Waals surface area contributed by atoms with Gasteiger partial charge in [0.25, 0.3) is 0 Å². The number of nitrogens with zero attached hydrogens (tertiary/aromatic N) is 1. The van der Waals surface area contributed by atoms with Crippen molar-refractivity contribution in [3.63, 3.8) is 0 Å². The van der Waals surface area contributed by atoms with Crippen LogP contribution in [0.15, 0.2) is 158 Å². The van der Waals surface area contributed by atoms with Gasteiger partial charge in [0.2, 0.25) is 0 Å². The molecule has 0 spiro atoms. The monoisotopic (exact) mass is 1330 g/mol. The van der Waals surface area contributed by atoms with Gasteiger partial charge in [-0.05, 0) is 122 Å².